The zero-order valence-electron chi connectivity index (χ0n) is 24.6. The van der Waals surface area contributed by atoms with E-state index < -0.39 is 0 Å². The molecule has 4 heterocycles. The van der Waals surface area contributed by atoms with Gasteiger partial charge in [0.25, 0.3) is 0 Å². The fourth-order valence-electron chi connectivity index (χ4n) is 7.63. The van der Waals surface area contributed by atoms with Crippen molar-refractivity contribution in [1.29, 1.82) is 0 Å². The molecule has 4 aromatic heterocycles. The van der Waals surface area contributed by atoms with Gasteiger partial charge in [0.2, 0.25) is 0 Å². The minimum Gasteiger partial charge on any atom is -0.309 e. The maximum absolute atomic E-state index is 5.40. The zero-order valence-corrected chi connectivity index (χ0v) is 24.6. The van der Waals surface area contributed by atoms with E-state index in [0.717, 1.165) is 41.2 Å². The summed E-state index contributed by atoms with van der Waals surface area (Å²) >= 11 is 0. The first-order chi connectivity index (χ1) is 22.3. The molecule has 0 fully saturated rings. The van der Waals surface area contributed by atoms with Gasteiger partial charge in [0, 0.05) is 32.6 Å². The summed E-state index contributed by atoms with van der Waals surface area (Å²) < 4.78 is 7.07. The van der Waals surface area contributed by atoms with Gasteiger partial charge < -0.3 is 4.57 Å². The van der Waals surface area contributed by atoms with E-state index in [9.17, 15) is 0 Å². The summed E-state index contributed by atoms with van der Waals surface area (Å²) in [6.45, 7) is 0. The average molecular weight is 577 g/mol. The summed E-state index contributed by atoms with van der Waals surface area (Å²) in [5.41, 5.74) is 9.74. The van der Waals surface area contributed by atoms with Gasteiger partial charge in [-0.25, -0.2) is 4.98 Å². The van der Waals surface area contributed by atoms with Crippen LogP contribution in [0.25, 0.3) is 77.9 Å². The highest BCUT2D eigenvalue weighted by Gasteiger charge is 2.21. The molecule has 4 heteroatoms. The molecule has 10 rings (SSSR count). The summed E-state index contributed by atoms with van der Waals surface area (Å²) in [6, 6.07) is 48.0. The monoisotopic (exact) mass is 576 g/mol. The van der Waals surface area contributed by atoms with Crippen LogP contribution in [0.5, 0.6) is 0 Å². The second-order valence-electron chi connectivity index (χ2n) is 11.9. The standard InChI is InChI=1S/C41H28N4/c1-2-13-27(14-3-1)43-34-19-8-6-17-30(34)32-26-39-33(25-38(32)43)31-18-7-11-22-37(31)45(39)41-24-12-23-40(42-41)44-35-20-9-4-15-28(35)29-16-5-10-21-36(29)44/h1-4,6-15,17-26H,5,16H2. The van der Waals surface area contributed by atoms with Gasteiger partial charge in [0.05, 0.1) is 33.3 Å². The molecule has 1 aliphatic carbocycles. The summed E-state index contributed by atoms with van der Waals surface area (Å²) in [6.07, 6.45) is 6.68. The Morgan fingerprint density at radius 2 is 1.00 bits per heavy atom. The molecule has 1 aliphatic rings. The van der Waals surface area contributed by atoms with Crippen LogP contribution in [0.4, 0.5) is 0 Å². The Bertz CT molecular complexity index is 2650. The molecular weight excluding hydrogens is 548 g/mol. The lowest BCUT2D eigenvalue weighted by Crippen LogP contribution is -2.05. The molecule has 4 nitrogen and oxygen atoms in total. The Labute approximate surface area is 259 Å². The van der Waals surface area contributed by atoms with Crippen molar-refractivity contribution >= 4 is 60.6 Å². The number of allylic oxidation sites excluding steroid dienone is 1. The molecule has 0 saturated carbocycles. The summed E-state index contributed by atoms with van der Waals surface area (Å²) in [5, 5.41) is 6.24. The molecule has 0 radical (unpaired) electrons. The van der Waals surface area contributed by atoms with Crippen molar-refractivity contribution in [3.8, 4) is 17.3 Å². The minimum atomic E-state index is 0.913. The van der Waals surface area contributed by atoms with E-state index in [-0.39, 0.29) is 0 Å². The van der Waals surface area contributed by atoms with E-state index >= 15 is 0 Å². The number of benzene rings is 5. The Hall–Kier alpha value is -5.87. The normalized spacial score (nSPS) is 13.1. The van der Waals surface area contributed by atoms with Crippen molar-refractivity contribution < 1.29 is 0 Å². The van der Waals surface area contributed by atoms with Crippen molar-refractivity contribution in [1.82, 2.24) is 18.7 Å². The largest absolute Gasteiger partial charge is 0.309 e. The van der Waals surface area contributed by atoms with Crippen LogP contribution in [0, 0.1) is 0 Å². The second kappa shape index (κ2) is 9.31. The molecule has 0 N–H and O–H groups in total. The smallest absolute Gasteiger partial charge is 0.140 e. The zero-order chi connectivity index (χ0) is 29.5. The first-order valence-corrected chi connectivity index (χ1v) is 15.6. The van der Waals surface area contributed by atoms with Crippen molar-refractivity contribution in [2.24, 2.45) is 0 Å². The lowest BCUT2D eigenvalue weighted by molar-refractivity contribution is 0.941. The van der Waals surface area contributed by atoms with Crippen LogP contribution in [0.15, 0.2) is 140 Å². The van der Waals surface area contributed by atoms with E-state index in [1.165, 1.54) is 54.7 Å². The SMILES string of the molecule is C1=Cc2c(c3ccccc3n2-c2cccc(-n3c4ccccc4c4cc5c(cc43)c3ccccc3n5-c3ccccc3)n2)CC1. The third kappa shape index (κ3) is 3.45. The third-order valence-electron chi connectivity index (χ3n) is 9.52. The number of aryl methyl sites for hydroxylation is 1. The van der Waals surface area contributed by atoms with Crippen LogP contribution in [0.3, 0.4) is 0 Å². The van der Waals surface area contributed by atoms with Gasteiger partial charge in [0.15, 0.2) is 0 Å². The van der Waals surface area contributed by atoms with Gasteiger partial charge >= 0.3 is 0 Å². The van der Waals surface area contributed by atoms with Gasteiger partial charge in [-0.2, -0.15) is 0 Å². The van der Waals surface area contributed by atoms with Crippen molar-refractivity contribution in [3.63, 3.8) is 0 Å². The highest BCUT2D eigenvalue weighted by Crippen LogP contribution is 2.40. The predicted molar refractivity (Wildman–Crippen MR) is 187 cm³/mol. The van der Waals surface area contributed by atoms with Crippen LogP contribution >= 0.6 is 0 Å². The van der Waals surface area contributed by atoms with Crippen LogP contribution in [0.2, 0.25) is 0 Å². The number of hydrogen-bond donors (Lipinski definition) is 0. The highest BCUT2D eigenvalue weighted by atomic mass is 15.1. The van der Waals surface area contributed by atoms with Crippen molar-refractivity contribution in [2.75, 3.05) is 0 Å². The third-order valence-corrected chi connectivity index (χ3v) is 9.52. The number of para-hydroxylation sites is 4. The Morgan fingerprint density at radius 3 is 1.71 bits per heavy atom. The Balaban J connectivity index is 1.28. The topological polar surface area (TPSA) is 27.7 Å². The maximum Gasteiger partial charge on any atom is 0.140 e. The molecule has 0 unspecified atom stereocenters. The summed E-state index contributed by atoms with van der Waals surface area (Å²) in [4.78, 5) is 5.40. The first-order valence-electron chi connectivity index (χ1n) is 15.6. The van der Waals surface area contributed by atoms with Crippen molar-refractivity contribution in [3.05, 3.63) is 151 Å². The number of hydrogen-bond acceptors (Lipinski definition) is 1. The lowest BCUT2D eigenvalue weighted by Gasteiger charge is -2.13. The van der Waals surface area contributed by atoms with E-state index in [1.54, 1.807) is 0 Å². The Morgan fingerprint density at radius 1 is 0.444 bits per heavy atom. The van der Waals surface area contributed by atoms with Gasteiger partial charge in [-0.3, -0.25) is 9.13 Å². The fourth-order valence-corrected chi connectivity index (χ4v) is 7.63. The molecule has 0 amide bonds. The molecule has 0 atom stereocenters. The number of rotatable bonds is 3. The number of nitrogens with zero attached hydrogens (tertiary/aromatic N) is 4. The summed E-state index contributed by atoms with van der Waals surface area (Å²) in [7, 11) is 0. The van der Waals surface area contributed by atoms with E-state index in [1.807, 2.05) is 0 Å². The average Bonchev–Trinajstić information content (AvgIpc) is 3.73. The molecular formula is C41H28N4. The Kier molecular flexibility index (Phi) is 5.08. The quantitative estimate of drug-likeness (QED) is 0.206. The number of fused-ring (bicyclic) bond motifs is 9. The molecule has 0 aliphatic heterocycles. The van der Waals surface area contributed by atoms with E-state index in [4.69, 9.17) is 4.98 Å². The number of aromatic nitrogens is 4. The lowest BCUT2D eigenvalue weighted by atomic mass is 10.0. The molecule has 9 aromatic rings. The molecule has 0 spiro atoms. The number of pyridine rings is 1. The van der Waals surface area contributed by atoms with Crippen molar-refractivity contribution in [2.45, 2.75) is 12.8 Å². The minimum absolute atomic E-state index is 0.913. The summed E-state index contributed by atoms with van der Waals surface area (Å²) in [5.74, 6) is 1.85. The van der Waals surface area contributed by atoms with Gasteiger partial charge in [-0.1, -0.05) is 84.9 Å². The van der Waals surface area contributed by atoms with Crippen LogP contribution in [-0.2, 0) is 6.42 Å². The van der Waals surface area contributed by atoms with E-state index in [0.29, 0.717) is 0 Å². The fraction of sp³-hybridized carbons (Fsp3) is 0.0488. The predicted octanol–water partition coefficient (Wildman–Crippen LogP) is 10.2. The first kappa shape index (κ1) is 24.6. The van der Waals surface area contributed by atoms with E-state index in [2.05, 4.69) is 159 Å². The van der Waals surface area contributed by atoms with Crippen LogP contribution in [0.1, 0.15) is 17.7 Å². The van der Waals surface area contributed by atoms with Crippen LogP contribution in [-0.4, -0.2) is 18.7 Å². The molecule has 0 saturated heterocycles. The molecule has 0 bridgehead atoms. The second-order valence-corrected chi connectivity index (χ2v) is 11.9. The molecule has 45 heavy (non-hydrogen) atoms. The van der Waals surface area contributed by atoms with Crippen LogP contribution < -0.4 is 0 Å². The molecule has 212 valence electrons. The van der Waals surface area contributed by atoms with Gasteiger partial charge in [-0.15, -0.1) is 0 Å². The molecule has 5 aromatic carbocycles. The van der Waals surface area contributed by atoms with Gasteiger partial charge in [0.1, 0.15) is 11.6 Å². The highest BCUT2D eigenvalue weighted by molar-refractivity contribution is 6.19. The maximum atomic E-state index is 5.40. The van der Waals surface area contributed by atoms with Gasteiger partial charge in [-0.05, 0) is 79.1 Å².